The standard InChI is InChI=1S/C21H26N4OS/c1-16-7-5-11-24(15-16)12-6-10-22-20(26)19-18(25-13-2-3-14-25)17-8-4-9-23-21(17)27-19/h2-4,8-9,13-14,16H,5-7,10-12,15H2,1H3,(H,22,26)/t16-/m0/s1. The van der Waals surface area contributed by atoms with Gasteiger partial charge in [0.15, 0.2) is 0 Å². The van der Waals surface area contributed by atoms with Crippen molar-refractivity contribution in [2.45, 2.75) is 26.2 Å². The molecular formula is C21H26N4OS. The van der Waals surface area contributed by atoms with Gasteiger partial charge in [-0.25, -0.2) is 4.98 Å². The van der Waals surface area contributed by atoms with E-state index in [-0.39, 0.29) is 5.91 Å². The van der Waals surface area contributed by atoms with Gasteiger partial charge in [-0.3, -0.25) is 4.79 Å². The molecule has 4 heterocycles. The summed E-state index contributed by atoms with van der Waals surface area (Å²) in [6.45, 7) is 6.47. The summed E-state index contributed by atoms with van der Waals surface area (Å²) in [4.78, 5) is 21.5. The number of carbonyl (C=O) groups excluding carboxylic acids is 1. The van der Waals surface area contributed by atoms with Crippen molar-refractivity contribution in [1.82, 2.24) is 19.8 Å². The number of carbonyl (C=O) groups is 1. The summed E-state index contributed by atoms with van der Waals surface area (Å²) in [6, 6.07) is 7.90. The van der Waals surface area contributed by atoms with E-state index in [0.717, 1.165) is 39.7 Å². The van der Waals surface area contributed by atoms with Crippen molar-refractivity contribution in [2.75, 3.05) is 26.2 Å². The molecule has 0 saturated carbocycles. The number of pyridine rings is 1. The minimum atomic E-state index is -0.00582. The molecule has 142 valence electrons. The highest BCUT2D eigenvalue weighted by atomic mass is 32.1. The normalized spacial score (nSPS) is 18.0. The van der Waals surface area contributed by atoms with Crippen LogP contribution in [0.2, 0.25) is 0 Å². The molecule has 1 aliphatic heterocycles. The fourth-order valence-electron chi connectivity index (χ4n) is 3.89. The van der Waals surface area contributed by atoms with Gasteiger partial charge in [-0.1, -0.05) is 6.92 Å². The van der Waals surface area contributed by atoms with E-state index in [4.69, 9.17) is 0 Å². The molecule has 0 spiro atoms. The van der Waals surface area contributed by atoms with Gasteiger partial charge in [0.1, 0.15) is 9.71 Å². The van der Waals surface area contributed by atoms with Crippen LogP contribution in [-0.4, -0.2) is 46.5 Å². The van der Waals surface area contributed by atoms with Gasteiger partial charge in [0.2, 0.25) is 0 Å². The molecule has 0 radical (unpaired) electrons. The number of nitrogens with one attached hydrogen (secondary N) is 1. The maximum Gasteiger partial charge on any atom is 0.263 e. The second-order valence-electron chi connectivity index (χ2n) is 7.38. The van der Waals surface area contributed by atoms with Crippen LogP contribution in [0.25, 0.3) is 15.9 Å². The number of piperidine rings is 1. The summed E-state index contributed by atoms with van der Waals surface area (Å²) in [5.41, 5.74) is 0.926. The van der Waals surface area contributed by atoms with Crippen molar-refractivity contribution in [1.29, 1.82) is 0 Å². The first-order valence-electron chi connectivity index (χ1n) is 9.74. The monoisotopic (exact) mass is 382 g/mol. The average Bonchev–Trinajstić information content (AvgIpc) is 3.32. The van der Waals surface area contributed by atoms with Crippen LogP contribution in [0.15, 0.2) is 42.9 Å². The van der Waals surface area contributed by atoms with E-state index in [2.05, 4.69) is 22.1 Å². The van der Waals surface area contributed by atoms with Gasteiger partial charge in [-0.2, -0.15) is 0 Å². The Kier molecular flexibility index (Phi) is 5.55. The number of fused-ring (bicyclic) bond motifs is 1. The summed E-state index contributed by atoms with van der Waals surface area (Å²) in [5, 5.41) is 4.14. The Labute approximate surface area is 164 Å². The molecule has 0 unspecified atom stereocenters. The Balaban J connectivity index is 1.43. The minimum Gasteiger partial charge on any atom is -0.351 e. The smallest absolute Gasteiger partial charge is 0.263 e. The topological polar surface area (TPSA) is 50.2 Å². The van der Waals surface area contributed by atoms with Crippen molar-refractivity contribution < 1.29 is 4.79 Å². The van der Waals surface area contributed by atoms with E-state index in [0.29, 0.717) is 6.54 Å². The largest absolute Gasteiger partial charge is 0.351 e. The molecule has 1 fully saturated rings. The molecule has 1 amide bonds. The maximum absolute atomic E-state index is 12.9. The number of nitrogens with zero attached hydrogens (tertiary/aromatic N) is 3. The van der Waals surface area contributed by atoms with Crippen molar-refractivity contribution in [3.8, 4) is 5.69 Å². The molecule has 6 heteroatoms. The molecule has 1 atom stereocenters. The molecule has 3 aromatic rings. The van der Waals surface area contributed by atoms with E-state index in [1.54, 1.807) is 6.20 Å². The van der Waals surface area contributed by atoms with Gasteiger partial charge in [-0.15, -0.1) is 11.3 Å². The molecule has 0 aliphatic carbocycles. The second kappa shape index (κ2) is 8.23. The van der Waals surface area contributed by atoms with E-state index in [1.807, 2.05) is 41.2 Å². The fraction of sp³-hybridized carbons (Fsp3) is 0.429. The highest BCUT2D eigenvalue weighted by Crippen LogP contribution is 2.32. The van der Waals surface area contributed by atoms with Crippen LogP contribution in [0.5, 0.6) is 0 Å². The molecule has 0 aromatic carbocycles. The zero-order valence-corrected chi connectivity index (χ0v) is 16.5. The number of hydrogen-bond donors (Lipinski definition) is 1. The zero-order valence-electron chi connectivity index (χ0n) is 15.7. The number of amides is 1. The summed E-state index contributed by atoms with van der Waals surface area (Å²) in [7, 11) is 0. The molecule has 0 bridgehead atoms. The SMILES string of the molecule is C[C@H]1CCCN(CCCNC(=O)c2sc3ncccc3c2-n2cccc2)C1. The van der Waals surface area contributed by atoms with Gasteiger partial charge >= 0.3 is 0 Å². The molecule has 1 aliphatic rings. The highest BCUT2D eigenvalue weighted by Gasteiger charge is 2.20. The summed E-state index contributed by atoms with van der Waals surface area (Å²) < 4.78 is 2.00. The Morgan fingerprint density at radius 1 is 1.33 bits per heavy atom. The number of thiophene rings is 1. The minimum absolute atomic E-state index is 0.00582. The molecule has 1 saturated heterocycles. The molecule has 4 rings (SSSR count). The average molecular weight is 383 g/mol. The zero-order chi connectivity index (χ0) is 18.6. The Morgan fingerprint density at radius 2 is 2.19 bits per heavy atom. The van der Waals surface area contributed by atoms with Crippen LogP contribution in [-0.2, 0) is 0 Å². The summed E-state index contributed by atoms with van der Waals surface area (Å²) in [5.74, 6) is 0.789. The molecule has 3 aromatic heterocycles. The first-order valence-corrected chi connectivity index (χ1v) is 10.6. The molecule has 5 nitrogen and oxygen atoms in total. The number of hydrogen-bond acceptors (Lipinski definition) is 4. The molecule has 27 heavy (non-hydrogen) atoms. The third kappa shape index (κ3) is 4.06. The summed E-state index contributed by atoms with van der Waals surface area (Å²) in [6.07, 6.45) is 9.35. The van der Waals surface area contributed by atoms with Crippen LogP contribution in [0.4, 0.5) is 0 Å². The Bertz CT molecular complexity index is 902. The summed E-state index contributed by atoms with van der Waals surface area (Å²) >= 11 is 1.46. The van der Waals surface area contributed by atoms with Crippen LogP contribution in [0.3, 0.4) is 0 Å². The molecule has 1 N–H and O–H groups in total. The van der Waals surface area contributed by atoms with Crippen molar-refractivity contribution in [3.63, 3.8) is 0 Å². The van der Waals surface area contributed by atoms with E-state index in [1.165, 1.54) is 37.3 Å². The lowest BCUT2D eigenvalue weighted by Crippen LogP contribution is -2.36. The quantitative estimate of drug-likeness (QED) is 0.657. The van der Waals surface area contributed by atoms with Gasteiger partial charge in [0.25, 0.3) is 5.91 Å². The van der Waals surface area contributed by atoms with E-state index >= 15 is 0 Å². The Hall–Kier alpha value is -2.18. The Morgan fingerprint density at radius 3 is 3.00 bits per heavy atom. The van der Waals surface area contributed by atoms with Crippen LogP contribution in [0, 0.1) is 5.92 Å². The lowest BCUT2D eigenvalue weighted by Gasteiger charge is -2.30. The van der Waals surface area contributed by atoms with Crippen LogP contribution >= 0.6 is 11.3 Å². The predicted octanol–water partition coefficient (Wildman–Crippen LogP) is 3.94. The van der Waals surface area contributed by atoms with Crippen LogP contribution < -0.4 is 5.32 Å². The van der Waals surface area contributed by atoms with Crippen molar-refractivity contribution >= 4 is 27.5 Å². The van der Waals surface area contributed by atoms with Gasteiger partial charge in [0, 0.05) is 37.1 Å². The number of rotatable bonds is 6. The third-order valence-corrected chi connectivity index (χ3v) is 6.29. The third-order valence-electron chi connectivity index (χ3n) is 5.19. The first-order chi connectivity index (χ1) is 13.2. The molecular weight excluding hydrogens is 356 g/mol. The number of aromatic nitrogens is 2. The van der Waals surface area contributed by atoms with E-state index < -0.39 is 0 Å². The van der Waals surface area contributed by atoms with Gasteiger partial charge < -0.3 is 14.8 Å². The van der Waals surface area contributed by atoms with Crippen LogP contribution in [0.1, 0.15) is 35.9 Å². The maximum atomic E-state index is 12.9. The van der Waals surface area contributed by atoms with Gasteiger partial charge in [-0.05, 0) is 62.5 Å². The van der Waals surface area contributed by atoms with Crippen molar-refractivity contribution in [2.24, 2.45) is 5.92 Å². The lowest BCUT2D eigenvalue weighted by atomic mass is 10.0. The second-order valence-corrected chi connectivity index (χ2v) is 8.38. The van der Waals surface area contributed by atoms with Gasteiger partial charge in [0.05, 0.1) is 5.69 Å². The first kappa shape index (κ1) is 18.2. The van der Waals surface area contributed by atoms with E-state index in [9.17, 15) is 4.79 Å². The highest BCUT2D eigenvalue weighted by molar-refractivity contribution is 7.21. The fourth-order valence-corrected chi connectivity index (χ4v) is 4.95. The predicted molar refractivity (Wildman–Crippen MR) is 111 cm³/mol. The number of likely N-dealkylation sites (tertiary alicyclic amines) is 1. The van der Waals surface area contributed by atoms with Crippen molar-refractivity contribution in [3.05, 3.63) is 47.7 Å². The lowest BCUT2D eigenvalue weighted by molar-refractivity contribution is 0.0954.